The van der Waals surface area contributed by atoms with Crippen molar-refractivity contribution in [3.05, 3.63) is 12.2 Å². The standard InChI is InChI=1S/C7H11N/c1-8-6-4-2-3-5-7(6)8/h2-3,6-7H,4-5H2,1H3. The summed E-state index contributed by atoms with van der Waals surface area (Å²) in [7, 11) is 2.21. The Bertz CT molecular complexity index is 114. The highest BCUT2D eigenvalue weighted by atomic mass is 15.3. The molecule has 0 radical (unpaired) electrons. The Hall–Kier alpha value is -0.300. The fourth-order valence-corrected chi connectivity index (χ4v) is 1.59. The molecule has 0 spiro atoms. The summed E-state index contributed by atoms with van der Waals surface area (Å²) in [6.45, 7) is 0. The highest BCUT2D eigenvalue weighted by Gasteiger charge is 2.43. The molecule has 0 bridgehead atoms. The summed E-state index contributed by atoms with van der Waals surface area (Å²) in [6, 6.07) is 1.83. The molecule has 1 fully saturated rings. The number of rotatable bonds is 0. The molecule has 0 N–H and O–H groups in total. The van der Waals surface area contributed by atoms with E-state index in [1.807, 2.05) is 0 Å². The minimum Gasteiger partial charge on any atom is -0.297 e. The fourth-order valence-electron chi connectivity index (χ4n) is 1.59. The van der Waals surface area contributed by atoms with Crippen LogP contribution in [0.4, 0.5) is 0 Å². The largest absolute Gasteiger partial charge is 0.297 e. The van der Waals surface area contributed by atoms with Gasteiger partial charge in [0.05, 0.1) is 0 Å². The molecule has 0 amide bonds. The number of fused-ring (bicyclic) bond motifs is 1. The molecule has 1 heterocycles. The van der Waals surface area contributed by atoms with E-state index in [9.17, 15) is 0 Å². The van der Waals surface area contributed by atoms with Crippen molar-refractivity contribution in [1.29, 1.82) is 0 Å². The summed E-state index contributed by atoms with van der Waals surface area (Å²) >= 11 is 0. The van der Waals surface area contributed by atoms with Crippen LogP contribution < -0.4 is 0 Å². The average Bonchev–Trinajstić information content (AvgIpc) is 2.46. The van der Waals surface area contributed by atoms with Gasteiger partial charge in [0, 0.05) is 12.1 Å². The van der Waals surface area contributed by atoms with Crippen molar-refractivity contribution in [2.24, 2.45) is 0 Å². The minimum absolute atomic E-state index is 0.917. The summed E-state index contributed by atoms with van der Waals surface area (Å²) in [5, 5.41) is 0. The van der Waals surface area contributed by atoms with Crippen molar-refractivity contribution < 1.29 is 0 Å². The third kappa shape index (κ3) is 0.451. The van der Waals surface area contributed by atoms with Crippen molar-refractivity contribution >= 4 is 0 Å². The van der Waals surface area contributed by atoms with E-state index >= 15 is 0 Å². The molecule has 2 aliphatic rings. The smallest absolute Gasteiger partial charge is 0.0289 e. The van der Waals surface area contributed by atoms with Crippen molar-refractivity contribution in [3.63, 3.8) is 0 Å². The summed E-state index contributed by atoms with van der Waals surface area (Å²) in [6.07, 6.45) is 7.18. The summed E-state index contributed by atoms with van der Waals surface area (Å²) in [4.78, 5) is 2.44. The van der Waals surface area contributed by atoms with Crippen molar-refractivity contribution in [2.75, 3.05) is 7.05 Å². The van der Waals surface area contributed by atoms with Crippen molar-refractivity contribution in [3.8, 4) is 0 Å². The van der Waals surface area contributed by atoms with E-state index in [1.54, 1.807) is 0 Å². The van der Waals surface area contributed by atoms with Gasteiger partial charge in [0.2, 0.25) is 0 Å². The van der Waals surface area contributed by atoms with Gasteiger partial charge in [0.1, 0.15) is 0 Å². The van der Waals surface area contributed by atoms with E-state index in [2.05, 4.69) is 24.1 Å². The van der Waals surface area contributed by atoms with Crippen LogP contribution >= 0.6 is 0 Å². The third-order valence-electron chi connectivity index (χ3n) is 2.32. The number of hydrogen-bond acceptors (Lipinski definition) is 1. The Kier molecular flexibility index (Phi) is 0.770. The maximum Gasteiger partial charge on any atom is 0.0289 e. The van der Waals surface area contributed by atoms with E-state index in [-0.39, 0.29) is 0 Å². The monoisotopic (exact) mass is 109 g/mol. The molecule has 2 atom stereocenters. The molecular formula is C7H11N. The Labute approximate surface area is 50.0 Å². The first kappa shape index (κ1) is 4.57. The van der Waals surface area contributed by atoms with Crippen LogP contribution in [0.3, 0.4) is 0 Å². The minimum atomic E-state index is 0.917. The number of hydrogen-bond donors (Lipinski definition) is 0. The molecule has 1 saturated heterocycles. The fraction of sp³-hybridized carbons (Fsp3) is 0.714. The molecule has 0 saturated carbocycles. The van der Waals surface area contributed by atoms with E-state index in [4.69, 9.17) is 0 Å². The zero-order chi connectivity index (χ0) is 5.56. The second kappa shape index (κ2) is 1.35. The lowest BCUT2D eigenvalue weighted by atomic mass is 10.1. The first-order valence-corrected chi connectivity index (χ1v) is 3.26. The maximum atomic E-state index is 2.44. The number of likely N-dealkylation sites (N-methyl/N-ethyl adjacent to an activating group) is 1. The van der Waals surface area contributed by atoms with Crippen LogP contribution in [0.5, 0.6) is 0 Å². The van der Waals surface area contributed by atoms with Crippen LogP contribution in [0.15, 0.2) is 12.2 Å². The molecule has 0 aromatic heterocycles. The molecule has 1 aliphatic carbocycles. The van der Waals surface area contributed by atoms with Gasteiger partial charge in [-0.15, -0.1) is 0 Å². The van der Waals surface area contributed by atoms with Crippen LogP contribution in [0.25, 0.3) is 0 Å². The first-order valence-electron chi connectivity index (χ1n) is 3.26. The molecule has 8 heavy (non-hydrogen) atoms. The molecule has 1 heteroatoms. The zero-order valence-corrected chi connectivity index (χ0v) is 5.17. The predicted octanol–water partition coefficient (Wildman–Crippen LogP) is 1.02. The van der Waals surface area contributed by atoms with Gasteiger partial charge >= 0.3 is 0 Å². The molecule has 44 valence electrons. The van der Waals surface area contributed by atoms with E-state index in [1.165, 1.54) is 12.8 Å². The highest BCUT2D eigenvalue weighted by Crippen LogP contribution is 2.34. The Balaban J connectivity index is 2.08. The lowest BCUT2D eigenvalue weighted by molar-refractivity contribution is 0.588. The Morgan fingerprint density at radius 2 is 1.75 bits per heavy atom. The van der Waals surface area contributed by atoms with Crippen LogP contribution in [0.1, 0.15) is 12.8 Å². The second-order valence-electron chi connectivity index (χ2n) is 2.74. The SMILES string of the molecule is CN1C2CC=CCC21. The van der Waals surface area contributed by atoms with Gasteiger partial charge in [-0.1, -0.05) is 12.2 Å². The quantitative estimate of drug-likeness (QED) is 0.331. The lowest BCUT2D eigenvalue weighted by Gasteiger charge is -1.93. The summed E-state index contributed by atoms with van der Waals surface area (Å²) in [5.41, 5.74) is 0. The topological polar surface area (TPSA) is 3.01 Å². The molecule has 0 aromatic carbocycles. The van der Waals surface area contributed by atoms with E-state index in [0.29, 0.717) is 0 Å². The molecular weight excluding hydrogens is 98.1 g/mol. The third-order valence-corrected chi connectivity index (χ3v) is 2.32. The zero-order valence-electron chi connectivity index (χ0n) is 5.17. The van der Waals surface area contributed by atoms with E-state index in [0.717, 1.165) is 12.1 Å². The number of nitrogens with zero attached hydrogens (tertiary/aromatic N) is 1. The van der Waals surface area contributed by atoms with Crippen molar-refractivity contribution in [1.82, 2.24) is 4.90 Å². The first-order chi connectivity index (χ1) is 3.89. The summed E-state index contributed by atoms with van der Waals surface area (Å²) in [5.74, 6) is 0. The van der Waals surface area contributed by atoms with Crippen LogP contribution in [0, 0.1) is 0 Å². The van der Waals surface area contributed by atoms with Crippen LogP contribution in [0.2, 0.25) is 0 Å². The highest BCUT2D eigenvalue weighted by molar-refractivity contribution is 5.11. The molecule has 1 aliphatic heterocycles. The van der Waals surface area contributed by atoms with Gasteiger partial charge in [0.15, 0.2) is 0 Å². The predicted molar refractivity (Wildman–Crippen MR) is 33.7 cm³/mol. The van der Waals surface area contributed by atoms with Gasteiger partial charge in [0.25, 0.3) is 0 Å². The molecule has 1 nitrogen and oxygen atoms in total. The second-order valence-corrected chi connectivity index (χ2v) is 2.74. The molecule has 2 rings (SSSR count). The average molecular weight is 109 g/mol. The van der Waals surface area contributed by atoms with Gasteiger partial charge in [-0.2, -0.15) is 0 Å². The van der Waals surface area contributed by atoms with Gasteiger partial charge in [-0.25, -0.2) is 0 Å². The van der Waals surface area contributed by atoms with Gasteiger partial charge in [-0.05, 0) is 19.9 Å². The van der Waals surface area contributed by atoms with Crippen LogP contribution in [-0.4, -0.2) is 24.0 Å². The lowest BCUT2D eigenvalue weighted by Crippen LogP contribution is -1.94. The normalized spacial score (nSPS) is 50.9. The van der Waals surface area contributed by atoms with Gasteiger partial charge in [-0.3, -0.25) is 4.90 Å². The van der Waals surface area contributed by atoms with Gasteiger partial charge < -0.3 is 0 Å². The van der Waals surface area contributed by atoms with E-state index < -0.39 is 0 Å². The Morgan fingerprint density at radius 1 is 1.25 bits per heavy atom. The maximum absolute atomic E-state index is 2.44. The Morgan fingerprint density at radius 3 is 2.12 bits per heavy atom. The molecule has 2 unspecified atom stereocenters. The van der Waals surface area contributed by atoms with Crippen LogP contribution in [-0.2, 0) is 0 Å². The summed E-state index contributed by atoms with van der Waals surface area (Å²) < 4.78 is 0. The molecule has 0 aromatic rings. The van der Waals surface area contributed by atoms with Crippen molar-refractivity contribution in [2.45, 2.75) is 24.9 Å².